The molecule has 0 bridgehead atoms. The zero-order chi connectivity index (χ0) is 15.1. The second-order valence-electron chi connectivity index (χ2n) is 5.97. The Labute approximate surface area is 125 Å². The van der Waals surface area contributed by atoms with E-state index in [1.165, 1.54) is 12.8 Å². The molecule has 1 aliphatic heterocycles. The monoisotopic (exact) mass is 294 g/mol. The van der Waals surface area contributed by atoms with Gasteiger partial charge in [-0.3, -0.25) is 4.79 Å². The zero-order valence-electron chi connectivity index (χ0n) is 12.9. The molecule has 1 saturated heterocycles. The van der Waals surface area contributed by atoms with E-state index >= 15 is 0 Å². The van der Waals surface area contributed by atoms with Crippen LogP contribution in [0, 0.1) is 11.8 Å². The van der Waals surface area contributed by atoms with Gasteiger partial charge in [0.1, 0.15) is 0 Å². The number of nitrogens with one attached hydrogen (secondary N) is 3. The molecule has 1 amide bonds. The summed E-state index contributed by atoms with van der Waals surface area (Å²) >= 11 is 0. The van der Waals surface area contributed by atoms with Crippen molar-refractivity contribution >= 4 is 5.91 Å². The molecule has 0 spiro atoms. The van der Waals surface area contributed by atoms with Crippen LogP contribution in [-0.4, -0.2) is 39.6 Å². The summed E-state index contributed by atoms with van der Waals surface area (Å²) in [5, 5.41) is 20.4. The summed E-state index contributed by atoms with van der Waals surface area (Å²) in [6.45, 7) is 6.37. The lowest BCUT2D eigenvalue weighted by Crippen LogP contribution is -2.36. The number of H-pyrrole nitrogens is 1. The highest BCUT2D eigenvalue weighted by molar-refractivity contribution is 5.76. The summed E-state index contributed by atoms with van der Waals surface area (Å²) < 4.78 is 0. The third-order valence-electron chi connectivity index (χ3n) is 4.23. The number of piperidine rings is 1. The van der Waals surface area contributed by atoms with Crippen molar-refractivity contribution in [3.05, 3.63) is 5.82 Å². The molecule has 0 aromatic carbocycles. The van der Waals surface area contributed by atoms with Crippen LogP contribution in [0.25, 0.3) is 0 Å². The number of hydrogen-bond donors (Lipinski definition) is 3. The van der Waals surface area contributed by atoms with Crippen LogP contribution >= 0.6 is 0 Å². The first-order valence-electron chi connectivity index (χ1n) is 7.94. The first-order valence-corrected chi connectivity index (χ1v) is 7.94. The standard InChI is InChI=1S/C14H26N6O/c1-3-5-12(14-17-19-20-18-14)16-13(21)8-10(2)11-6-4-7-15-9-11/h10-12,15H,3-9H2,1-2H3,(H,16,21)(H,17,18,19,20). The Kier molecular flexibility index (Phi) is 6.10. The molecule has 7 heteroatoms. The highest BCUT2D eigenvalue weighted by atomic mass is 16.1. The van der Waals surface area contributed by atoms with Gasteiger partial charge >= 0.3 is 0 Å². The van der Waals surface area contributed by atoms with Gasteiger partial charge in [0.05, 0.1) is 6.04 Å². The molecule has 7 nitrogen and oxygen atoms in total. The van der Waals surface area contributed by atoms with Crippen molar-refractivity contribution in [3.8, 4) is 0 Å². The van der Waals surface area contributed by atoms with Gasteiger partial charge in [-0.15, -0.1) is 10.2 Å². The first kappa shape index (κ1) is 15.9. The molecule has 1 fully saturated rings. The van der Waals surface area contributed by atoms with E-state index < -0.39 is 0 Å². The molecule has 1 aromatic heterocycles. The van der Waals surface area contributed by atoms with Crippen LogP contribution in [0.5, 0.6) is 0 Å². The molecule has 1 aliphatic rings. The summed E-state index contributed by atoms with van der Waals surface area (Å²) in [6.07, 6.45) is 4.76. The summed E-state index contributed by atoms with van der Waals surface area (Å²) in [5.74, 6) is 1.64. The second kappa shape index (κ2) is 8.07. The molecule has 0 radical (unpaired) electrons. The Morgan fingerprint density at radius 2 is 2.38 bits per heavy atom. The predicted molar refractivity (Wildman–Crippen MR) is 79.3 cm³/mol. The number of aromatic nitrogens is 4. The van der Waals surface area contributed by atoms with Crippen LogP contribution in [0.3, 0.4) is 0 Å². The van der Waals surface area contributed by atoms with Gasteiger partial charge in [0, 0.05) is 6.42 Å². The lowest BCUT2D eigenvalue weighted by atomic mass is 9.85. The van der Waals surface area contributed by atoms with E-state index in [0.717, 1.165) is 25.9 Å². The summed E-state index contributed by atoms with van der Waals surface area (Å²) in [5.41, 5.74) is 0. The predicted octanol–water partition coefficient (Wildman–Crippen LogP) is 1.18. The van der Waals surface area contributed by atoms with Crippen LogP contribution in [0.4, 0.5) is 0 Å². The smallest absolute Gasteiger partial charge is 0.220 e. The van der Waals surface area contributed by atoms with Crippen molar-refractivity contribution in [1.29, 1.82) is 0 Å². The first-order chi connectivity index (χ1) is 10.2. The molecular weight excluding hydrogens is 268 g/mol. The molecule has 0 aliphatic carbocycles. The molecule has 3 atom stereocenters. The van der Waals surface area contributed by atoms with Gasteiger partial charge in [0.25, 0.3) is 0 Å². The van der Waals surface area contributed by atoms with E-state index in [0.29, 0.717) is 24.1 Å². The Morgan fingerprint density at radius 1 is 1.52 bits per heavy atom. The largest absolute Gasteiger partial charge is 0.346 e. The minimum absolute atomic E-state index is 0.0799. The number of hydrogen-bond acceptors (Lipinski definition) is 5. The van der Waals surface area contributed by atoms with E-state index in [-0.39, 0.29) is 11.9 Å². The molecular formula is C14H26N6O. The zero-order valence-corrected chi connectivity index (χ0v) is 12.9. The molecule has 21 heavy (non-hydrogen) atoms. The molecule has 1 aromatic rings. The van der Waals surface area contributed by atoms with Gasteiger partial charge in [-0.25, -0.2) is 0 Å². The summed E-state index contributed by atoms with van der Waals surface area (Å²) in [6, 6.07) is -0.141. The number of amides is 1. The maximum absolute atomic E-state index is 12.3. The van der Waals surface area contributed by atoms with E-state index in [1.807, 2.05) is 0 Å². The average molecular weight is 294 g/mol. The van der Waals surface area contributed by atoms with Crippen molar-refractivity contribution < 1.29 is 4.79 Å². The van der Waals surface area contributed by atoms with Crippen LogP contribution in [0.15, 0.2) is 0 Å². The van der Waals surface area contributed by atoms with Crippen molar-refractivity contribution in [2.75, 3.05) is 13.1 Å². The quantitative estimate of drug-likeness (QED) is 0.702. The summed E-state index contributed by atoms with van der Waals surface area (Å²) in [7, 11) is 0. The lowest BCUT2D eigenvalue weighted by Gasteiger charge is -2.28. The van der Waals surface area contributed by atoms with Gasteiger partial charge < -0.3 is 10.6 Å². The Balaban J connectivity index is 1.84. The number of carbonyl (C=O) groups is 1. The molecule has 2 heterocycles. The van der Waals surface area contributed by atoms with Gasteiger partial charge in [0.2, 0.25) is 5.91 Å². The van der Waals surface area contributed by atoms with E-state index in [9.17, 15) is 4.79 Å². The van der Waals surface area contributed by atoms with Gasteiger partial charge in [-0.05, 0) is 44.2 Å². The van der Waals surface area contributed by atoms with Crippen molar-refractivity contribution in [2.24, 2.45) is 11.8 Å². The summed E-state index contributed by atoms with van der Waals surface area (Å²) in [4.78, 5) is 12.3. The molecule has 3 N–H and O–H groups in total. The molecule has 0 saturated carbocycles. The van der Waals surface area contributed by atoms with Gasteiger partial charge in [0.15, 0.2) is 5.82 Å². The Morgan fingerprint density at radius 3 is 3.00 bits per heavy atom. The highest BCUT2D eigenvalue weighted by Crippen LogP contribution is 2.23. The van der Waals surface area contributed by atoms with Crippen LogP contribution in [0.1, 0.15) is 57.8 Å². The fourth-order valence-corrected chi connectivity index (χ4v) is 2.95. The van der Waals surface area contributed by atoms with E-state index in [4.69, 9.17) is 0 Å². The fraction of sp³-hybridized carbons (Fsp3) is 0.857. The number of rotatable bonds is 7. The van der Waals surface area contributed by atoms with E-state index in [2.05, 4.69) is 45.1 Å². The molecule has 3 unspecified atom stereocenters. The number of carbonyl (C=O) groups excluding carboxylic acids is 1. The maximum atomic E-state index is 12.3. The number of tetrazole rings is 1. The normalized spacial score (nSPS) is 21.7. The van der Waals surface area contributed by atoms with E-state index in [1.54, 1.807) is 0 Å². The third-order valence-corrected chi connectivity index (χ3v) is 4.23. The van der Waals surface area contributed by atoms with Crippen molar-refractivity contribution in [1.82, 2.24) is 31.3 Å². The third kappa shape index (κ3) is 4.77. The average Bonchev–Trinajstić information content (AvgIpc) is 3.02. The maximum Gasteiger partial charge on any atom is 0.220 e. The topological polar surface area (TPSA) is 95.6 Å². The lowest BCUT2D eigenvalue weighted by molar-refractivity contribution is -0.123. The minimum Gasteiger partial charge on any atom is -0.346 e. The number of aromatic amines is 1. The fourth-order valence-electron chi connectivity index (χ4n) is 2.95. The van der Waals surface area contributed by atoms with Crippen LogP contribution in [0.2, 0.25) is 0 Å². The molecule has 118 valence electrons. The Bertz CT molecular complexity index is 415. The minimum atomic E-state index is -0.141. The number of nitrogens with zero attached hydrogens (tertiary/aromatic N) is 3. The molecule has 2 rings (SSSR count). The van der Waals surface area contributed by atoms with Gasteiger partial charge in [-0.1, -0.05) is 25.5 Å². The van der Waals surface area contributed by atoms with Crippen LogP contribution < -0.4 is 10.6 Å². The van der Waals surface area contributed by atoms with Gasteiger partial charge in [-0.2, -0.15) is 5.21 Å². The van der Waals surface area contributed by atoms with Crippen LogP contribution in [-0.2, 0) is 4.79 Å². The SMILES string of the molecule is CCCC(NC(=O)CC(C)C1CCCNC1)c1nn[nH]n1. The Hall–Kier alpha value is -1.50. The highest BCUT2D eigenvalue weighted by Gasteiger charge is 2.24. The second-order valence-corrected chi connectivity index (χ2v) is 5.97. The van der Waals surface area contributed by atoms with Crippen molar-refractivity contribution in [3.63, 3.8) is 0 Å². The van der Waals surface area contributed by atoms with Crippen molar-refractivity contribution in [2.45, 2.75) is 52.0 Å².